The number of aryl methyl sites for hydroxylation is 1. The Kier molecular flexibility index (Phi) is 5.16. The van der Waals surface area contributed by atoms with Crippen LogP contribution < -0.4 is 15.1 Å². The van der Waals surface area contributed by atoms with E-state index in [-0.39, 0.29) is 24.2 Å². The molecule has 1 saturated heterocycles. The van der Waals surface area contributed by atoms with Gasteiger partial charge in [-0.1, -0.05) is 19.1 Å². The molecular weight excluding hydrogens is 407 g/mol. The second kappa shape index (κ2) is 7.89. The number of ether oxygens (including phenoxy) is 1. The first kappa shape index (κ1) is 20.9. The molecule has 32 heavy (non-hydrogen) atoms. The van der Waals surface area contributed by atoms with Crippen LogP contribution in [-0.4, -0.2) is 49.4 Å². The normalized spacial score (nSPS) is 25.4. The molecule has 0 radical (unpaired) electrons. The number of halogens is 1. The molecule has 0 saturated carbocycles. The highest BCUT2D eigenvalue weighted by atomic mass is 19.1. The molecule has 1 unspecified atom stereocenters. The van der Waals surface area contributed by atoms with Crippen molar-refractivity contribution in [3.63, 3.8) is 0 Å². The van der Waals surface area contributed by atoms with E-state index in [0.717, 1.165) is 41.9 Å². The van der Waals surface area contributed by atoms with E-state index in [1.807, 2.05) is 36.9 Å². The number of rotatable bonds is 2. The second-order valence-electron chi connectivity index (χ2n) is 9.36. The summed E-state index contributed by atoms with van der Waals surface area (Å²) < 4.78 is 21.2. The van der Waals surface area contributed by atoms with Gasteiger partial charge in [-0.2, -0.15) is 5.10 Å². The topological polar surface area (TPSA) is 57.2 Å². The number of amidine groups is 1. The van der Waals surface area contributed by atoms with Crippen LogP contribution in [-0.2, 0) is 4.79 Å². The molecule has 2 aromatic carbocycles. The van der Waals surface area contributed by atoms with Crippen molar-refractivity contribution in [2.75, 3.05) is 31.6 Å². The van der Waals surface area contributed by atoms with E-state index < -0.39 is 6.04 Å². The number of benzene rings is 2. The molecule has 0 aromatic heterocycles. The number of hydrogen-bond acceptors (Lipinski definition) is 5. The first-order valence-corrected chi connectivity index (χ1v) is 11.2. The van der Waals surface area contributed by atoms with E-state index in [1.165, 1.54) is 0 Å². The van der Waals surface area contributed by atoms with Crippen LogP contribution >= 0.6 is 0 Å². The molecule has 5 rings (SSSR count). The number of fused-ring (bicyclic) bond motifs is 3. The fourth-order valence-corrected chi connectivity index (χ4v) is 5.28. The highest BCUT2D eigenvalue weighted by Gasteiger charge is 2.37. The average Bonchev–Trinajstić information content (AvgIpc) is 2.75. The van der Waals surface area contributed by atoms with Crippen molar-refractivity contribution >= 4 is 17.4 Å². The van der Waals surface area contributed by atoms with Crippen molar-refractivity contribution < 1.29 is 13.9 Å². The number of amides is 1. The zero-order chi connectivity index (χ0) is 22.6. The van der Waals surface area contributed by atoms with Crippen LogP contribution in [0, 0.1) is 18.7 Å². The Morgan fingerprint density at radius 3 is 2.75 bits per heavy atom. The van der Waals surface area contributed by atoms with E-state index in [0.29, 0.717) is 23.1 Å². The lowest BCUT2D eigenvalue weighted by Gasteiger charge is -2.40. The predicted molar refractivity (Wildman–Crippen MR) is 124 cm³/mol. The van der Waals surface area contributed by atoms with Crippen LogP contribution in [0.1, 0.15) is 37.3 Å². The summed E-state index contributed by atoms with van der Waals surface area (Å²) in [6, 6.07) is 9.07. The summed E-state index contributed by atoms with van der Waals surface area (Å²) in [7, 11) is 2.14. The van der Waals surface area contributed by atoms with Gasteiger partial charge < -0.3 is 14.5 Å². The van der Waals surface area contributed by atoms with E-state index in [1.54, 1.807) is 6.07 Å². The summed E-state index contributed by atoms with van der Waals surface area (Å²) in [6.45, 7) is 8.26. The Balaban J connectivity index is 1.70. The van der Waals surface area contributed by atoms with Gasteiger partial charge >= 0.3 is 0 Å². The van der Waals surface area contributed by atoms with Crippen molar-refractivity contribution in [1.82, 2.24) is 10.3 Å². The van der Waals surface area contributed by atoms with Gasteiger partial charge in [-0.15, -0.1) is 0 Å². The third-order valence-electron chi connectivity index (χ3n) is 7.01. The Bertz CT molecular complexity index is 1120. The van der Waals surface area contributed by atoms with Gasteiger partial charge in [-0.25, -0.2) is 9.82 Å². The zero-order valence-corrected chi connectivity index (χ0v) is 19.0. The number of nitrogens with one attached hydrogen (secondary N) is 1. The lowest BCUT2D eigenvalue weighted by atomic mass is 9.78. The van der Waals surface area contributed by atoms with Crippen molar-refractivity contribution in [2.24, 2.45) is 11.0 Å². The minimum Gasteiger partial charge on any atom is -0.483 e. The van der Waals surface area contributed by atoms with Gasteiger partial charge in [-0.05, 0) is 80.6 Å². The van der Waals surface area contributed by atoms with Crippen LogP contribution in [0.2, 0.25) is 0 Å². The lowest BCUT2D eigenvalue weighted by molar-refractivity contribution is -0.122. The molecule has 3 aliphatic heterocycles. The molecule has 0 bridgehead atoms. The second-order valence-corrected chi connectivity index (χ2v) is 9.36. The molecule has 168 valence electrons. The molecule has 0 aliphatic carbocycles. The number of piperidine rings is 1. The van der Waals surface area contributed by atoms with Crippen molar-refractivity contribution in [2.45, 2.75) is 39.2 Å². The van der Waals surface area contributed by atoms with E-state index in [9.17, 15) is 4.79 Å². The Morgan fingerprint density at radius 2 is 2.00 bits per heavy atom. The molecule has 1 amide bonds. The maximum Gasteiger partial charge on any atom is 0.262 e. The van der Waals surface area contributed by atoms with Crippen LogP contribution in [0.4, 0.5) is 10.1 Å². The van der Waals surface area contributed by atoms with E-state index >= 15 is 4.39 Å². The Hall–Kier alpha value is -2.93. The van der Waals surface area contributed by atoms with Gasteiger partial charge in [0.25, 0.3) is 5.91 Å². The largest absolute Gasteiger partial charge is 0.483 e. The summed E-state index contributed by atoms with van der Waals surface area (Å²) in [6.07, 6.45) is 0.995. The van der Waals surface area contributed by atoms with Gasteiger partial charge in [0, 0.05) is 12.1 Å². The number of carbonyl (C=O) groups is 1. The van der Waals surface area contributed by atoms with Crippen molar-refractivity contribution in [3.8, 4) is 16.9 Å². The minimum atomic E-state index is -0.394. The summed E-state index contributed by atoms with van der Waals surface area (Å²) in [5, 5.41) is 4.20. The van der Waals surface area contributed by atoms with Gasteiger partial charge in [0.05, 0.1) is 5.69 Å². The van der Waals surface area contributed by atoms with E-state index in [4.69, 9.17) is 4.74 Å². The number of hydrogen-bond donors (Lipinski definition) is 1. The number of carbonyl (C=O) groups excluding carboxylic acids is 1. The smallest absolute Gasteiger partial charge is 0.262 e. The predicted octanol–water partition coefficient (Wildman–Crippen LogP) is 3.89. The molecule has 2 aromatic rings. The lowest BCUT2D eigenvalue weighted by Crippen LogP contribution is -2.55. The van der Waals surface area contributed by atoms with Crippen molar-refractivity contribution in [1.29, 1.82) is 0 Å². The highest BCUT2D eigenvalue weighted by Crippen LogP contribution is 2.46. The summed E-state index contributed by atoms with van der Waals surface area (Å²) in [4.78, 5) is 16.6. The van der Waals surface area contributed by atoms with Crippen LogP contribution in [0.25, 0.3) is 11.1 Å². The summed E-state index contributed by atoms with van der Waals surface area (Å²) in [5.41, 5.74) is 6.86. The molecule has 3 atom stereocenters. The number of likely N-dealkylation sites (tertiary alicyclic amines) is 1. The maximum atomic E-state index is 15.1. The number of nitrogens with zero attached hydrogens (tertiary/aromatic N) is 3. The van der Waals surface area contributed by atoms with E-state index in [2.05, 4.69) is 35.5 Å². The van der Waals surface area contributed by atoms with Gasteiger partial charge in [0.1, 0.15) is 24.2 Å². The van der Waals surface area contributed by atoms with Crippen LogP contribution in [0.15, 0.2) is 35.4 Å². The minimum absolute atomic E-state index is 0.149. The van der Waals surface area contributed by atoms with Gasteiger partial charge in [-0.3, -0.25) is 4.79 Å². The third kappa shape index (κ3) is 3.45. The molecule has 3 aliphatic rings. The quantitative estimate of drug-likeness (QED) is 0.776. The average molecular weight is 437 g/mol. The fraction of sp³-hybridized carbons (Fsp3) is 0.440. The van der Waals surface area contributed by atoms with Crippen LogP contribution in [0.5, 0.6) is 5.75 Å². The molecule has 3 heterocycles. The summed E-state index contributed by atoms with van der Waals surface area (Å²) >= 11 is 0. The molecule has 0 spiro atoms. The summed E-state index contributed by atoms with van der Waals surface area (Å²) in [5.74, 6) is 1.66. The zero-order valence-electron chi connectivity index (χ0n) is 19.0. The van der Waals surface area contributed by atoms with Gasteiger partial charge in [0.15, 0.2) is 5.84 Å². The first-order valence-electron chi connectivity index (χ1n) is 11.2. The van der Waals surface area contributed by atoms with Crippen molar-refractivity contribution in [3.05, 3.63) is 47.3 Å². The van der Waals surface area contributed by atoms with Gasteiger partial charge in [0.2, 0.25) is 0 Å². The standard InChI is InChI=1S/C25H29FN4O2/c1-14-5-6-18(21(26)9-14)20-11-23-22(10-19(20)17-7-8-29(4)12-15(17)2)30-16(3)25(31)28-27-24(30)13-32-23/h5-6,9-11,15-17H,7-8,12-13H2,1-4H3,(H,28,31)/t15-,16?,17+/m0/s1. The molecule has 7 heteroatoms. The Labute approximate surface area is 188 Å². The SMILES string of the molecule is Cc1ccc(-c2cc3c(cc2[C@@H]2CCN(C)C[C@@H]2C)N2C(=NNC(=O)C2C)CO3)c(F)c1. The third-order valence-corrected chi connectivity index (χ3v) is 7.01. The monoisotopic (exact) mass is 436 g/mol. The fourth-order valence-electron chi connectivity index (χ4n) is 5.28. The molecule has 1 N–H and O–H groups in total. The Morgan fingerprint density at radius 1 is 1.19 bits per heavy atom. The first-order chi connectivity index (χ1) is 15.3. The highest BCUT2D eigenvalue weighted by molar-refractivity contribution is 6.09. The molecule has 1 fully saturated rings. The molecular formula is C25H29FN4O2. The molecule has 6 nitrogen and oxygen atoms in total. The van der Waals surface area contributed by atoms with Crippen LogP contribution in [0.3, 0.4) is 0 Å². The number of hydrazone groups is 1. The number of anilines is 1. The maximum absolute atomic E-state index is 15.1.